The van der Waals surface area contributed by atoms with Crippen molar-refractivity contribution in [2.24, 2.45) is 0 Å². The predicted octanol–water partition coefficient (Wildman–Crippen LogP) is 2.21. The third kappa shape index (κ3) is 3.89. The van der Waals surface area contributed by atoms with Crippen LogP contribution in [0.1, 0.15) is 52.4 Å². The summed E-state index contributed by atoms with van der Waals surface area (Å²) >= 11 is 0. The molecule has 0 aliphatic carbocycles. The van der Waals surface area contributed by atoms with Crippen LogP contribution in [-0.2, 0) is 4.79 Å². The average Bonchev–Trinajstić information content (AvgIpc) is 2.36. The number of aliphatic carboxylic acids is 1. The van der Waals surface area contributed by atoms with Gasteiger partial charge in [-0.05, 0) is 32.1 Å². The first-order valence-electron chi connectivity index (χ1n) is 6.90. The quantitative estimate of drug-likeness (QED) is 0.792. The number of likely N-dealkylation sites (tertiary alicyclic amines) is 1. The molecule has 1 aliphatic rings. The largest absolute Gasteiger partial charge is 0.480 e. The molecule has 0 saturated carbocycles. The van der Waals surface area contributed by atoms with Gasteiger partial charge < -0.3 is 15.3 Å². The van der Waals surface area contributed by atoms with E-state index in [4.69, 9.17) is 5.11 Å². The number of piperidine rings is 1. The Labute approximate surface area is 109 Å². The molecule has 1 heterocycles. The van der Waals surface area contributed by atoms with E-state index >= 15 is 0 Å². The van der Waals surface area contributed by atoms with E-state index in [1.807, 2.05) is 4.90 Å². The number of carbonyl (C=O) groups is 2. The molecule has 5 heteroatoms. The lowest BCUT2D eigenvalue weighted by atomic mass is 9.98. The lowest BCUT2D eigenvalue weighted by molar-refractivity contribution is -0.139. The maximum Gasteiger partial charge on any atom is 0.326 e. The minimum Gasteiger partial charge on any atom is -0.480 e. The molecule has 0 spiro atoms. The van der Waals surface area contributed by atoms with Gasteiger partial charge in [0.2, 0.25) is 0 Å². The number of hydrogen-bond acceptors (Lipinski definition) is 2. The molecule has 18 heavy (non-hydrogen) atoms. The van der Waals surface area contributed by atoms with Gasteiger partial charge in [0.05, 0.1) is 0 Å². The van der Waals surface area contributed by atoms with Crippen molar-refractivity contribution in [3.63, 3.8) is 0 Å². The average molecular weight is 256 g/mol. The summed E-state index contributed by atoms with van der Waals surface area (Å²) in [5.74, 6) is -0.963. The molecule has 1 saturated heterocycles. The molecule has 5 nitrogen and oxygen atoms in total. The second-order valence-corrected chi connectivity index (χ2v) is 4.88. The summed E-state index contributed by atoms with van der Waals surface area (Å²) < 4.78 is 0. The van der Waals surface area contributed by atoms with Crippen molar-refractivity contribution in [1.82, 2.24) is 10.2 Å². The maximum atomic E-state index is 12.1. The molecule has 0 aromatic rings. The summed E-state index contributed by atoms with van der Waals surface area (Å²) in [7, 11) is 0. The molecule has 2 unspecified atom stereocenters. The van der Waals surface area contributed by atoms with Crippen LogP contribution in [0.3, 0.4) is 0 Å². The Hall–Kier alpha value is -1.26. The molecule has 1 aliphatic heterocycles. The van der Waals surface area contributed by atoms with Gasteiger partial charge in [0.15, 0.2) is 0 Å². The third-order valence-corrected chi connectivity index (χ3v) is 3.51. The Bertz CT molecular complexity index is 292. The highest BCUT2D eigenvalue weighted by atomic mass is 16.4. The fourth-order valence-electron chi connectivity index (χ4n) is 2.47. The smallest absolute Gasteiger partial charge is 0.326 e. The first kappa shape index (κ1) is 14.8. The van der Waals surface area contributed by atoms with Gasteiger partial charge in [-0.25, -0.2) is 9.59 Å². The SMILES string of the molecule is CCCC1CCCCN1C(=O)NC(CC)C(=O)O. The molecule has 1 fully saturated rings. The highest BCUT2D eigenvalue weighted by Gasteiger charge is 2.28. The van der Waals surface area contributed by atoms with Crippen molar-refractivity contribution < 1.29 is 14.7 Å². The zero-order valence-electron chi connectivity index (χ0n) is 11.3. The summed E-state index contributed by atoms with van der Waals surface area (Å²) in [5.41, 5.74) is 0. The highest BCUT2D eigenvalue weighted by molar-refractivity contribution is 5.82. The Morgan fingerprint density at radius 2 is 2.11 bits per heavy atom. The van der Waals surface area contributed by atoms with Crippen molar-refractivity contribution >= 4 is 12.0 Å². The van der Waals surface area contributed by atoms with Crippen molar-refractivity contribution in [1.29, 1.82) is 0 Å². The van der Waals surface area contributed by atoms with Gasteiger partial charge in [-0.3, -0.25) is 0 Å². The molecule has 2 amide bonds. The summed E-state index contributed by atoms with van der Waals surface area (Å²) in [5, 5.41) is 11.6. The van der Waals surface area contributed by atoms with E-state index in [1.54, 1.807) is 6.92 Å². The van der Waals surface area contributed by atoms with E-state index in [0.29, 0.717) is 6.42 Å². The Morgan fingerprint density at radius 3 is 2.67 bits per heavy atom. The van der Waals surface area contributed by atoms with Crippen molar-refractivity contribution in [3.05, 3.63) is 0 Å². The van der Waals surface area contributed by atoms with Crippen LogP contribution in [0.4, 0.5) is 4.79 Å². The normalized spacial score (nSPS) is 21.4. The van der Waals surface area contributed by atoms with Crippen LogP contribution in [0, 0.1) is 0 Å². The minimum absolute atomic E-state index is 0.220. The third-order valence-electron chi connectivity index (χ3n) is 3.51. The van der Waals surface area contributed by atoms with Crippen LogP contribution in [0.25, 0.3) is 0 Å². The van der Waals surface area contributed by atoms with E-state index in [0.717, 1.165) is 38.6 Å². The lowest BCUT2D eigenvalue weighted by Crippen LogP contribution is -2.52. The van der Waals surface area contributed by atoms with Gasteiger partial charge in [-0.1, -0.05) is 20.3 Å². The number of amides is 2. The highest BCUT2D eigenvalue weighted by Crippen LogP contribution is 2.20. The lowest BCUT2D eigenvalue weighted by Gasteiger charge is -2.36. The second kappa shape index (κ2) is 7.24. The molecule has 0 bridgehead atoms. The molecule has 0 radical (unpaired) electrons. The van der Waals surface area contributed by atoms with Crippen molar-refractivity contribution in [2.45, 2.75) is 64.5 Å². The fraction of sp³-hybridized carbons (Fsp3) is 0.846. The first-order chi connectivity index (χ1) is 8.60. The van der Waals surface area contributed by atoms with Gasteiger partial charge in [0, 0.05) is 12.6 Å². The zero-order valence-corrected chi connectivity index (χ0v) is 11.3. The van der Waals surface area contributed by atoms with Crippen LogP contribution >= 0.6 is 0 Å². The Balaban J connectivity index is 2.59. The van der Waals surface area contributed by atoms with Gasteiger partial charge in [-0.2, -0.15) is 0 Å². The van der Waals surface area contributed by atoms with Crippen LogP contribution in [-0.4, -0.2) is 40.6 Å². The summed E-state index contributed by atoms with van der Waals surface area (Å²) in [4.78, 5) is 24.8. The van der Waals surface area contributed by atoms with Gasteiger partial charge >= 0.3 is 12.0 Å². The van der Waals surface area contributed by atoms with E-state index in [2.05, 4.69) is 12.2 Å². The maximum absolute atomic E-state index is 12.1. The monoisotopic (exact) mass is 256 g/mol. The standard InChI is InChI=1S/C13H24N2O3/c1-3-7-10-8-5-6-9-15(10)13(18)14-11(4-2)12(16)17/h10-11H,3-9H2,1-2H3,(H,14,18)(H,16,17). The molecule has 0 aromatic heterocycles. The van der Waals surface area contributed by atoms with E-state index in [-0.39, 0.29) is 12.1 Å². The number of rotatable bonds is 5. The molecule has 2 N–H and O–H groups in total. The number of nitrogens with one attached hydrogen (secondary N) is 1. The van der Waals surface area contributed by atoms with Crippen LogP contribution < -0.4 is 5.32 Å². The zero-order chi connectivity index (χ0) is 13.5. The number of carbonyl (C=O) groups excluding carboxylic acids is 1. The van der Waals surface area contributed by atoms with Crippen molar-refractivity contribution in [3.8, 4) is 0 Å². The van der Waals surface area contributed by atoms with E-state index in [1.165, 1.54) is 0 Å². The van der Waals surface area contributed by atoms with Gasteiger partial charge in [0.1, 0.15) is 6.04 Å². The van der Waals surface area contributed by atoms with E-state index in [9.17, 15) is 9.59 Å². The van der Waals surface area contributed by atoms with Gasteiger partial charge in [-0.15, -0.1) is 0 Å². The Kier molecular flexibility index (Phi) is 5.95. The topological polar surface area (TPSA) is 69.6 Å². The molecule has 1 rings (SSSR count). The number of carboxylic acid groups (broad SMARTS) is 1. The van der Waals surface area contributed by atoms with Crippen LogP contribution in [0.15, 0.2) is 0 Å². The number of carboxylic acids is 1. The summed E-state index contributed by atoms with van der Waals surface area (Å²) in [6.45, 7) is 4.61. The number of urea groups is 1. The number of hydrogen-bond donors (Lipinski definition) is 2. The Morgan fingerprint density at radius 1 is 1.39 bits per heavy atom. The predicted molar refractivity (Wildman–Crippen MR) is 69.5 cm³/mol. The molecular weight excluding hydrogens is 232 g/mol. The molecular formula is C13H24N2O3. The van der Waals surface area contributed by atoms with E-state index < -0.39 is 12.0 Å². The van der Waals surface area contributed by atoms with Crippen LogP contribution in [0.2, 0.25) is 0 Å². The van der Waals surface area contributed by atoms with Crippen LogP contribution in [0.5, 0.6) is 0 Å². The summed E-state index contributed by atoms with van der Waals surface area (Å²) in [6, 6.07) is -0.723. The summed E-state index contributed by atoms with van der Waals surface area (Å²) in [6.07, 6.45) is 5.66. The first-order valence-corrected chi connectivity index (χ1v) is 6.90. The van der Waals surface area contributed by atoms with Gasteiger partial charge in [0.25, 0.3) is 0 Å². The molecule has 2 atom stereocenters. The molecule has 0 aromatic carbocycles. The number of nitrogens with zero attached hydrogens (tertiary/aromatic N) is 1. The minimum atomic E-state index is -0.963. The molecule has 104 valence electrons. The fourth-order valence-corrected chi connectivity index (χ4v) is 2.47. The second-order valence-electron chi connectivity index (χ2n) is 4.88. The van der Waals surface area contributed by atoms with Crippen molar-refractivity contribution in [2.75, 3.05) is 6.54 Å².